The van der Waals surface area contributed by atoms with Gasteiger partial charge in [-0.05, 0) is 19.8 Å². The van der Waals surface area contributed by atoms with Crippen molar-refractivity contribution >= 4 is 6.03 Å². The Kier molecular flexibility index (Phi) is 4.19. The minimum atomic E-state index is -0.0568. The lowest BCUT2D eigenvalue weighted by Gasteiger charge is -2.31. The van der Waals surface area contributed by atoms with Crippen LogP contribution in [0, 0.1) is 6.92 Å². The molecule has 1 saturated heterocycles. The minimum Gasteiger partial charge on any atom is -0.381 e. The van der Waals surface area contributed by atoms with Gasteiger partial charge in [-0.15, -0.1) is 0 Å². The Morgan fingerprint density at radius 2 is 2.33 bits per heavy atom. The van der Waals surface area contributed by atoms with Gasteiger partial charge >= 0.3 is 6.03 Å². The van der Waals surface area contributed by atoms with E-state index in [1.54, 1.807) is 12.0 Å². The Morgan fingerprint density at radius 3 is 2.89 bits per heavy atom. The molecule has 2 heterocycles. The third-order valence-corrected chi connectivity index (χ3v) is 3.15. The van der Waals surface area contributed by atoms with Gasteiger partial charge in [0.2, 0.25) is 0 Å². The fraction of sp³-hybridized carbons (Fsp3) is 0.667. The molecular formula is C12H19N3O3. The van der Waals surface area contributed by atoms with Crippen LogP contribution in [0.2, 0.25) is 0 Å². The van der Waals surface area contributed by atoms with Crippen LogP contribution in [-0.2, 0) is 11.3 Å². The Labute approximate surface area is 106 Å². The van der Waals surface area contributed by atoms with Gasteiger partial charge in [-0.25, -0.2) is 4.79 Å². The van der Waals surface area contributed by atoms with Gasteiger partial charge in [0.15, 0.2) is 5.76 Å². The Hall–Kier alpha value is -1.56. The van der Waals surface area contributed by atoms with Crippen LogP contribution in [0.4, 0.5) is 4.79 Å². The number of hydrogen-bond donors (Lipinski definition) is 1. The molecule has 6 nitrogen and oxygen atoms in total. The SMILES string of the molecule is COC1CCN(C(=O)NCc2cc(C)no2)CC1. The maximum atomic E-state index is 11.9. The second kappa shape index (κ2) is 5.86. The van der Waals surface area contributed by atoms with Crippen molar-refractivity contribution in [1.82, 2.24) is 15.4 Å². The zero-order valence-electron chi connectivity index (χ0n) is 10.8. The number of nitrogens with zero attached hydrogens (tertiary/aromatic N) is 2. The molecule has 1 aromatic heterocycles. The molecule has 1 N–H and O–H groups in total. The number of rotatable bonds is 3. The van der Waals surface area contributed by atoms with Gasteiger partial charge in [-0.2, -0.15) is 0 Å². The van der Waals surface area contributed by atoms with Crippen molar-refractivity contribution in [3.8, 4) is 0 Å². The molecule has 0 spiro atoms. The molecule has 0 aliphatic carbocycles. The van der Waals surface area contributed by atoms with Crippen LogP contribution >= 0.6 is 0 Å². The van der Waals surface area contributed by atoms with Gasteiger partial charge < -0.3 is 19.5 Å². The molecule has 0 atom stereocenters. The van der Waals surface area contributed by atoms with Crippen LogP contribution in [0.15, 0.2) is 10.6 Å². The lowest BCUT2D eigenvalue weighted by molar-refractivity contribution is 0.0502. The molecule has 1 aliphatic heterocycles. The van der Waals surface area contributed by atoms with Crippen LogP contribution in [-0.4, -0.2) is 42.4 Å². The molecule has 1 aliphatic rings. The molecule has 2 rings (SSSR count). The van der Waals surface area contributed by atoms with E-state index in [0.717, 1.165) is 31.6 Å². The zero-order chi connectivity index (χ0) is 13.0. The van der Waals surface area contributed by atoms with Crippen molar-refractivity contribution in [1.29, 1.82) is 0 Å². The normalized spacial score (nSPS) is 16.9. The van der Waals surface area contributed by atoms with Crippen LogP contribution in [0.3, 0.4) is 0 Å². The van der Waals surface area contributed by atoms with Crippen LogP contribution in [0.5, 0.6) is 0 Å². The van der Waals surface area contributed by atoms with Crippen molar-refractivity contribution in [2.75, 3.05) is 20.2 Å². The fourth-order valence-electron chi connectivity index (χ4n) is 2.07. The summed E-state index contributed by atoms with van der Waals surface area (Å²) in [4.78, 5) is 13.7. The summed E-state index contributed by atoms with van der Waals surface area (Å²) in [7, 11) is 1.71. The first-order chi connectivity index (χ1) is 8.69. The molecule has 18 heavy (non-hydrogen) atoms. The van der Waals surface area contributed by atoms with Crippen LogP contribution in [0.1, 0.15) is 24.3 Å². The Balaban J connectivity index is 1.75. The highest BCUT2D eigenvalue weighted by Gasteiger charge is 2.22. The van der Waals surface area contributed by atoms with Gasteiger partial charge in [-0.1, -0.05) is 5.16 Å². The molecule has 6 heteroatoms. The van der Waals surface area contributed by atoms with Gasteiger partial charge in [0.1, 0.15) is 0 Å². The molecule has 0 unspecified atom stereocenters. The van der Waals surface area contributed by atoms with Crippen molar-refractivity contribution in [3.63, 3.8) is 0 Å². The zero-order valence-corrected chi connectivity index (χ0v) is 10.8. The number of methoxy groups -OCH3 is 1. The number of piperidine rings is 1. The van der Waals surface area contributed by atoms with E-state index >= 15 is 0 Å². The van der Waals surface area contributed by atoms with E-state index in [2.05, 4.69) is 10.5 Å². The number of nitrogens with one attached hydrogen (secondary N) is 1. The monoisotopic (exact) mass is 253 g/mol. The molecule has 2 amide bonds. The molecule has 1 fully saturated rings. The van der Waals surface area contributed by atoms with Crippen molar-refractivity contribution in [2.45, 2.75) is 32.4 Å². The maximum absolute atomic E-state index is 11.9. The fourth-order valence-corrected chi connectivity index (χ4v) is 2.07. The summed E-state index contributed by atoms with van der Waals surface area (Å²) < 4.78 is 10.3. The highest BCUT2D eigenvalue weighted by atomic mass is 16.5. The van der Waals surface area contributed by atoms with E-state index in [0.29, 0.717) is 12.3 Å². The number of likely N-dealkylation sites (tertiary alicyclic amines) is 1. The van der Waals surface area contributed by atoms with Gasteiger partial charge in [0, 0.05) is 26.3 Å². The Bertz CT molecular complexity index is 397. The van der Waals surface area contributed by atoms with Gasteiger partial charge in [0.25, 0.3) is 0 Å². The predicted molar refractivity (Wildman–Crippen MR) is 65.1 cm³/mol. The largest absolute Gasteiger partial charge is 0.381 e. The standard InChI is InChI=1S/C12H19N3O3/c1-9-7-11(18-14-9)8-13-12(16)15-5-3-10(17-2)4-6-15/h7,10H,3-6,8H2,1-2H3,(H,13,16). The van der Waals surface area contributed by atoms with Gasteiger partial charge in [-0.3, -0.25) is 0 Å². The third kappa shape index (κ3) is 3.22. The summed E-state index contributed by atoms with van der Waals surface area (Å²) in [6.45, 7) is 3.70. The van der Waals surface area contributed by atoms with Crippen LogP contribution in [0.25, 0.3) is 0 Å². The second-order valence-corrected chi connectivity index (χ2v) is 4.52. The lowest BCUT2D eigenvalue weighted by atomic mass is 10.1. The van der Waals surface area contributed by atoms with E-state index in [9.17, 15) is 4.79 Å². The summed E-state index contributed by atoms with van der Waals surface area (Å²) in [5, 5.41) is 6.60. The highest BCUT2D eigenvalue weighted by molar-refractivity contribution is 5.74. The van der Waals surface area contributed by atoms with E-state index in [1.165, 1.54) is 0 Å². The van der Waals surface area contributed by atoms with E-state index in [4.69, 9.17) is 9.26 Å². The lowest BCUT2D eigenvalue weighted by Crippen LogP contribution is -2.45. The van der Waals surface area contributed by atoms with E-state index in [1.807, 2.05) is 13.0 Å². The van der Waals surface area contributed by atoms with Crippen molar-refractivity contribution in [2.24, 2.45) is 0 Å². The quantitative estimate of drug-likeness (QED) is 0.881. The van der Waals surface area contributed by atoms with E-state index < -0.39 is 0 Å². The van der Waals surface area contributed by atoms with Crippen molar-refractivity contribution < 1.29 is 14.1 Å². The molecule has 0 aromatic carbocycles. The number of amides is 2. The molecule has 0 saturated carbocycles. The summed E-state index contributed by atoms with van der Waals surface area (Å²) >= 11 is 0. The average molecular weight is 253 g/mol. The Morgan fingerprint density at radius 1 is 1.61 bits per heavy atom. The summed E-state index contributed by atoms with van der Waals surface area (Å²) in [5.74, 6) is 0.674. The average Bonchev–Trinajstić information content (AvgIpc) is 2.82. The number of hydrogen-bond acceptors (Lipinski definition) is 4. The minimum absolute atomic E-state index is 0.0568. The smallest absolute Gasteiger partial charge is 0.317 e. The topological polar surface area (TPSA) is 67.6 Å². The first-order valence-electron chi connectivity index (χ1n) is 6.17. The van der Waals surface area contributed by atoms with E-state index in [-0.39, 0.29) is 12.1 Å². The second-order valence-electron chi connectivity index (χ2n) is 4.52. The third-order valence-electron chi connectivity index (χ3n) is 3.15. The van der Waals surface area contributed by atoms with Crippen molar-refractivity contribution in [3.05, 3.63) is 17.5 Å². The number of carbonyl (C=O) groups is 1. The van der Waals surface area contributed by atoms with Crippen LogP contribution < -0.4 is 5.32 Å². The first-order valence-corrected chi connectivity index (χ1v) is 6.17. The number of aryl methyl sites for hydroxylation is 1. The summed E-state index contributed by atoms with van der Waals surface area (Å²) in [5.41, 5.74) is 0.820. The molecule has 0 bridgehead atoms. The number of urea groups is 1. The number of carbonyl (C=O) groups excluding carboxylic acids is 1. The van der Waals surface area contributed by atoms with Gasteiger partial charge in [0.05, 0.1) is 18.3 Å². The highest BCUT2D eigenvalue weighted by Crippen LogP contribution is 2.12. The molecule has 1 aromatic rings. The predicted octanol–water partition coefficient (Wildman–Crippen LogP) is 1.30. The maximum Gasteiger partial charge on any atom is 0.317 e. The molecule has 0 radical (unpaired) electrons. The molecule has 100 valence electrons. The molecular weight excluding hydrogens is 234 g/mol. The summed E-state index contributed by atoms with van der Waals surface area (Å²) in [6.07, 6.45) is 2.07. The first kappa shape index (κ1) is 12.9. The summed E-state index contributed by atoms with van der Waals surface area (Å²) in [6, 6.07) is 1.76. The number of aromatic nitrogens is 1. The number of ether oxygens (including phenoxy) is 1.